The molecule has 2 amide bonds. The summed E-state index contributed by atoms with van der Waals surface area (Å²) in [5, 5.41) is 3.37. The molecule has 28 heavy (non-hydrogen) atoms. The van der Waals surface area contributed by atoms with Crippen molar-refractivity contribution < 1.29 is 19.1 Å². The average molecular weight is 423 g/mol. The summed E-state index contributed by atoms with van der Waals surface area (Å²) in [5.41, 5.74) is 0.675. The van der Waals surface area contributed by atoms with E-state index < -0.39 is 0 Å². The lowest BCUT2D eigenvalue weighted by atomic mass is 10.3. The van der Waals surface area contributed by atoms with Gasteiger partial charge in [0.2, 0.25) is 11.8 Å². The summed E-state index contributed by atoms with van der Waals surface area (Å²) in [5.74, 6) is 1.69. The molecular weight excluding hydrogens is 400 g/mol. The van der Waals surface area contributed by atoms with E-state index in [2.05, 4.69) is 5.32 Å². The molecule has 0 saturated carbocycles. The third-order valence-corrected chi connectivity index (χ3v) is 4.94. The van der Waals surface area contributed by atoms with Gasteiger partial charge in [-0.3, -0.25) is 9.59 Å². The fourth-order valence-electron chi connectivity index (χ4n) is 2.17. The van der Waals surface area contributed by atoms with Crippen LogP contribution in [-0.4, -0.2) is 55.5 Å². The standard InChI is InChI=1S/C20H23ClN2O4S/c1-23(11-12-27-18-9-7-17(26-2)8-10-18)20(25)14-28-13-19(24)22-16-5-3-15(21)4-6-16/h3-10H,11-14H2,1-2H3,(H,22,24). The van der Waals surface area contributed by atoms with Gasteiger partial charge < -0.3 is 19.7 Å². The second-order valence-corrected chi connectivity index (χ2v) is 7.31. The van der Waals surface area contributed by atoms with Crippen LogP contribution in [0.2, 0.25) is 5.02 Å². The lowest BCUT2D eigenvalue weighted by molar-refractivity contribution is -0.127. The predicted octanol–water partition coefficient (Wildman–Crippen LogP) is 3.56. The molecule has 2 aromatic carbocycles. The first-order chi connectivity index (χ1) is 13.5. The zero-order valence-electron chi connectivity index (χ0n) is 15.8. The monoisotopic (exact) mass is 422 g/mol. The van der Waals surface area contributed by atoms with Gasteiger partial charge in [-0.1, -0.05) is 11.6 Å². The van der Waals surface area contributed by atoms with Crippen LogP contribution in [0, 0.1) is 0 Å². The predicted molar refractivity (Wildman–Crippen MR) is 114 cm³/mol. The topological polar surface area (TPSA) is 67.9 Å². The summed E-state index contributed by atoms with van der Waals surface area (Å²) in [6.45, 7) is 0.846. The van der Waals surface area contributed by atoms with Crippen molar-refractivity contribution in [2.75, 3.05) is 44.1 Å². The van der Waals surface area contributed by atoms with Gasteiger partial charge in [0, 0.05) is 17.8 Å². The second-order valence-electron chi connectivity index (χ2n) is 5.89. The Morgan fingerprint density at radius 1 is 1.04 bits per heavy atom. The van der Waals surface area contributed by atoms with Crippen molar-refractivity contribution in [3.63, 3.8) is 0 Å². The average Bonchev–Trinajstić information content (AvgIpc) is 2.70. The lowest BCUT2D eigenvalue weighted by Gasteiger charge is -2.17. The Balaban J connectivity index is 1.62. The van der Waals surface area contributed by atoms with Crippen LogP contribution >= 0.6 is 23.4 Å². The maximum absolute atomic E-state index is 12.1. The maximum Gasteiger partial charge on any atom is 0.234 e. The highest BCUT2D eigenvalue weighted by Crippen LogP contribution is 2.17. The molecule has 150 valence electrons. The zero-order valence-corrected chi connectivity index (χ0v) is 17.4. The Bertz CT molecular complexity index is 769. The Kier molecular flexibility index (Phi) is 8.97. The number of nitrogens with zero attached hydrogens (tertiary/aromatic N) is 1. The SMILES string of the molecule is COc1ccc(OCCN(C)C(=O)CSCC(=O)Nc2ccc(Cl)cc2)cc1. The number of anilines is 1. The number of thioether (sulfide) groups is 1. The number of carbonyl (C=O) groups is 2. The van der Waals surface area contributed by atoms with E-state index in [1.807, 2.05) is 24.3 Å². The molecule has 0 bridgehead atoms. The summed E-state index contributed by atoms with van der Waals surface area (Å²) in [6, 6.07) is 14.1. The number of halogens is 1. The molecule has 0 aliphatic heterocycles. The number of hydrogen-bond donors (Lipinski definition) is 1. The molecule has 6 nitrogen and oxygen atoms in total. The second kappa shape index (κ2) is 11.5. The zero-order chi connectivity index (χ0) is 20.4. The van der Waals surface area contributed by atoms with Gasteiger partial charge in [0.1, 0.15) is 18.1 Å². The Labute approximate surface area is 174 Å². The summed E-state index contributed by atoms with van der Waals surface area (Å²) < 4.78 is 10.7. The van der Waals surface area contributed by atoms with Gasteiger partial charge in [0.15, 0.2) is 0 Å². The third kappa shape index (κ3) is 7.70. The number of hydrogen-bond acceptors (Lipinski definition) is 5. The van der Waals surface area contributed by atoms with Gasteiger partial charge in [0.25, 0.3) is 0 Å². The molecule has 0 aromatic heterocycles. The first-order valence-electron chi connectivity index (χ1n) is 8.62. The molecule has 0 heterocycles. The maximum atomic E-state index is 12.1. The first kappa shape index (κ1) is 21.9. The van der Waals surface area contributed by atoms with E-state index in [1.165, 1.54) is 11.8 Å². The smallest absolute Gasteiger partial charge is 0.234 e. The van der Waals surface area contributed by atoms with Gasteiger partial charge >= 0.3 is 0 Å². The molecule has 8 heteroatoms. The van der Waals surface area contributed by atoms with E-state index in [-0.39, 0.29) is 23.3 Å². The van der Waals surface area contributed by atoms with Gasteiger partial charge in [-0.25, -0.2) is 0 Å². The summed E-state index contributed by atoms with van der Waals surface area (Å²) >= 11 is 7.08. The molecule has 0 radical (unpaired) electrons. The number of likely N-dealkylation sites (N-methyl/N-ethyl adjacent to an activating group) is 1. The van der Waals surface area contributed by atoms with Crippen molar-refractivity contribution in [2.24, 2.45) is 0 Å². The molecule has 0 aliphatic carbocycles. The van der Waals surface area contributed by atoms with E-state index in [0.29, 0.717) is 23.9 Å². The fourth-order valence-corrected chi connectivity index (χ4v) is 3.05. The molecule has 0 atom stereocenters. The minimum atomic E-state index is -0.161. The highest BCUT2D eigenvalue weighted by atomic mass is 35.5. The quantitative estimate of drug-likeness (QED) is 0.634. The highest BCUT2D eigenvalue weighted by Gasteiger charge is 2.11. The van der Waals surface area contributed by atoms with Gasteiger partial charge in [-0.15, -0.1) is 11.8 Å². The molecule has 1 N–H and O–H groups in total. The minimum Gasteiger partial charge on any atom is -0.497 e. The third-order valence-electron chi connectivity index (χ3n) is 3.77. The van der Waals surface area contributed by atoms with Crippen molar-refractivity contribution in [1.82, 2.24) is 4.90 Å². The summed E-state index contributed by atoms with van der Waals surface area (Å²) in [4.78, 5) is 25.6. The minimum absolute atomic E-state index is 0.0531. The van der Waals surface area contributed by atoms with Crippen LogP contribution < -0.4 is 14.8 Å². The molecule has 2 rings (SSSR count). The molecule has 0 unspecified atom stereocenters. The molecule has 2 aromatic rings. The van der Waals surface area contributed by atoms with E-state index in [9.17, 15) is 9.59 Å². The highest BCUT2D eigenvalue weighted by molar-refractivity contribution is 8.00. The molecule has 0 aliphatic rings. The van der Waals surface area contributed by atoms with Gasteiger partial charge in [-0.2, -0.15) is 0 Å². The number of rotatable bonds is 10. The van der Waals surface area contributed by atoms with Gasteiger partial charge in [0.05, 0.1) is 25.2 Å². The van der Waals surface area contributed by atoms with Crippen LogP contribution in [0.1, 0.15) is 0 Å². The van der Waals surface area contributed by atoms with Gasteiger partial charge in [-0.05, 0) is 48.5 Å². The molecule has 0 fully saturated rings. The van der Waals surface area contributed by atoms with Crippen LogP contribution in [0.25, 0.3) is 0 Å². The van der Waals surface area contributed by atoms with Crippen molar-refractivity contribution >= 4 is 40.9 Å². The number of methoxy groups -OCH3 is 1. The molecular formula is C20H23ClN2O4S. The van der Waals surface area contributed by atoms with Crippen molar-refractivity contribution in [1.29, 1.82) is 0 Å². The largest absolute Gasteiger partial charge is 0.497 e. The lowest BCUT2D eigenvalue weighted by Crippen LogP contribution is -2.32. The van der Waals surface area contributed by atoms with Crippen LogP contribution in [0.4, 0.5) is 5.69 Å². The fraction of sp³-hybridized carbons (Fsp3) is 0.300. The number of nitrogens with one attached hydrogen (secondary N) is 1. The van der Waals surface area contributed by atoms with Crippen LogP contribution in [0.15, 0.2) is 48.5 Å². The number of ether oxygens (including phenoxy) is 2. The summed E-state index contributed by atoms with van der Waals surface area (Å²) in [7, 11) is 3.32. The number of amides is 2. The molecule has 0 spiro atoms. The summed E-state index contributed by atoms with van der Waals surface area (Å²) in [6.07, 6.45) is 0. The Morgan fingerprint density at radius 3 is 2.32 bits per heavy atom. The first-order valence-corrected chi connectivity index (χ1v) is 10.1. The van der Waals surface area contributed by atoms with Crippen LogP contribution in [0.3, 0.4) is 0 Å². The van der Waals surface area contributed by atoms with E-state index in [4.69, 9.17) is 21.1 Å². The Hall–Kier alpha value is -2.38. The number of benzene rings is 2. The van der Waals surface area contributed by atoms with Crippen molar-refractivity contribution in [2.45, 2.75) is 0 Å². The van der Waals surface area contributed by atoms with Crippen LogP contribution in [0.5, 0.6) is 11.5 Å². The number of carbonyl (C=O) groups excluding carboxylic acids is 2. The van der Waals surface area contributed by atoms with Crippen molar-refractivity contribution in [3.8, 4) is 11.5 Å². The van der Waals surface area contributed by atoms with Crippen molar-refractivity contribution in [3.05, 3.63) is 53.6 Å². The van der Waals surface area contributed by atoms with E-state index >= 15 is 0 Å². The Morgan fingerprint density at radius 2 is 1.68 bits per heavy atom. The molecule has 0 saturated heterocycles. The van der Waals surface area contributed by atoms with E-state index in [1.54, 1.807) is 43.3 Å². The van der Waals surface area contributed by atoms with E-state index in [0.717, 1.165) is 11.5 Å². The normalized spacial score (nSPS) is 10.2. The van der Waals surface area contributed by atoms with Crippen LogP contribution in [-0.2, 0) is 9.59 Å².